The average molecular weight is 296 g/mol. The van der Waals surface area contributed by atoms with Crippen LogP contribution in [0.1, 0.15) is 17.4 Å². The highest BCUT2D eigenvalue weighted by molar-refractivity contribution is 7.90. The molecule has 0 saturated carbocycles. The number of hydrogen-bond acceptors (Lipinski definition) is 7. The second-order valence-corrected chi connectivity index (χ2v) is 6.48. The van der Waals surface area contributed by atoms with E-state index in [1.54, 1.807) is 31.3 Å². The largest absolute Gasteiger partial charge is 0.271 e. The number of nitrogens with one attached hydrogen (secondary N) is 1. The van der Waals surface area contributed by atoms with Gasteiger partial charge in [-0.15, -0.1) is 10.2 Å². The van der Waals surface area contributed by atoms with Crippen molar-refractivity contribution in [2.75, 3.05) is 6.26 Å². The van der Waals surface area contributed by atoms with E-state index in [4.69, 9.17) is 5.84 Å². The van der Waals surface area contributed by atoms with Gasteiger partial charge in [0.05, 0.1) is 18.0 Å². The van der Waals surface area contributed by atoms with E-state index in [0.717, 1.165) is 5.56 Å². The zero-order valence-electron chi connectivity index (χ0n) is 11.2. The first-order valence-corrected chi connectivity index (χ1v) is 7.78. The number of nitrogens with zero attached hydrogens (tertiary/aromatic N) is 4. The Labute approximate surface area is 116 Å². The molecule has 0 spiro atoms. The summed E-state index contributed by atoms with van der Waals surface area (Å²) in [4.78, 5) is 1.64. The number of hydrogen-bond donors (Lipinski definition) is 2. The molecule has 0 amide bonds. The van der Waals surface area contributed by atoms with Crippen molar-refractivity contribution in [1.82, 2.24) is 25.6 Å². The van der Waals surface area contributed by atoms with Gasteiger partial charge in [0.2, 0.25) is 0 Å². The maximum Gasteiger partial charge on any atom is 0.176 e. The molecule has 1 atom stereocenters. The van der Waals surface area contributed by atoms with Crippen LogP contribution in [-0.2, 0) is 23.3 Å². The van der Waals surface area contributed by atoms with Crippen molar-refractivity contribution in [3.63, 3.8) is 0 Å². The number of aryl methyl sites for hydroxylation is 1. The van der Waals surface area contributed by atoms with E-state index in [2.05, 4.69) is 20.8 Å². The molecule has 0 bridgehead atoms. The lowest BCUT2D eigenvalue weighted by Gasteiger charge is -2.14. The predicted octanol–water partition coefficient (Wildman–Crippen LogP) is -0.639. The average Bonchev–Trinajstić information content (AvgIpc) is 2.81. The van der Waals surface area contributed by atoms with Crippen molar-refractivity contribution < 1.29 is 8.42 Å². The highest BCUT2D eigenvalue weighted by Gasteiger charge is 2.15. The predicted molar refractivity (Wildman–Crippen MR) is 72.1 cm³/mol. The second-order valence-electron chi connectivity index (χ2n) is 4.46. The van der Waals surface area contributed by atoms with Gasteiger partial charge in [0.15, 0.2) is 15.7 Å². The number of sulfone groups is 1. The summed E-state index contributed by atoms with van der Waals surface area (Å²) in [5, 5.41) is 11.7. The summed E-state index contributed by atoms with van der Waals surface area (Å²) in [6, 6.07) is 6.33. The normalized spacial score (nSPS) is 13.3. The lowest BCUT2D eigenvalue weighted by atomic mass is 10.0. The van der Waals surface area contributed by atoms with E-state index in [1.807, 2.05) is 0 Å². The van der Waals surface area contributed by atoms with E-state index in [-0.39, 0.29) is 10.9 Å². The minimum Gasteiger partial charge on any atom is -0.271 e. The Balaban J connectivity index is 2.19. The molecule has 8 nitrogen and oxygen atoms in total. The van der Waals surface area contributed by atoms with Gasteiger partial charge < -0.3 is 0 Å². The topological polar surface area (TPSA) is 116 Å². The zero-order chi connectivity index (χ0) is 14.8. The monoisotopic (exact) mass is 296 g/mol. The van der Waals surface area contributed by atoms with Gasteiger partial charge in [-0.1, -0.05) is 12.1 Å². The minimum absolute atomic E-state index is 0.215. The van der Waals surface area contributed by atoms with Crippen molar-refractivity contribution in [3.8, 4) is 0 Å². The van der Waals surface area contributed by atoms with Crippen LogP contribution in [0.5, 0.6) is 0 Å². The molecule has 0 aliphatic rings. The summed E-state index contributed by atoms with van der Waals surface area (Å²) in [6.07, 6.45) is 1.63. The van der Waals surface area contributed by atoms with Gasteiger partial charge in [-0.25, -0.2) is 8.42 Å². The summed E-state index contributed by atoms with van der Waals surface area (Å²) in [6.45, 7) is 0. The van der Waals surface area contributed by atoms with Crippen LogP contribution in [-0.4, -0.2) is 34.9 Å². The third-order valence-electron chi connectivity index (χ3n) is 2.85. The lowest BCUT2D eigenvalue weighted by Crippen LogP contribution is -2.30. The maximum absolute atomic E-state index is 11.4. The third-order valence-corrected chi connectivity index (χ3v) is 3.98. The van der Waals surface area contributed by atoms with Crippen LogP contribution in [0.2, 0.25) is 0 Å². The van der Waals surface area contributed by atoms with Gasteiger partial charge in [0.1, 0.15) is 0 Å². The van der Waals surface area contributed by atoms with Crippen molar-refractivity contribution in [2.45, 2.75) is 17.4 Å². The molecule has 1 heterocycles. The fourth-order valence-corrected chi connectivity index (χ4v) is 2.44. The molecule has 0 aliphatic heterocycles. The number of benzene rings is 1. The molecule has 9 heteroatoms. The SMILES string of the molecule is Cn1nnc(CC(NN)c2ccc(S(C)(=O)=O)cc2)n1. The molecule has 3 N–H and O–H groups in total. The summed E-state index contributed by atoms with van der Waals surface area (Å²) < 4.78 is 22.8. The number of tetrazole rings is 1. The van der Waals surface area contributed by atoms with E-state index in [1.165, 1.54) is 11.1 Å². The lowest BCUT2D eigenvalue weighted by molar-refractivity contribution is 0.535. The highest BCUT2D eigenvalue weighted by atomic mass is 32.2. The van der Waals surface area contributed by atoms with Crippen molar-refractivity contribution >= 4 is 9.84 Å². The Morgan fingerprint density at radius 1 is 1.35 bits per heavy atom. The molecule has 108 valence electrons. The van der Waals surface area contributed by atoms with Gasteiger partial charge in [-0.2, -0.15) is 4.80 Å². The summed E-state index contributed by atoms with van der Waals surface area (Å²) in [5.74, 6) is 6.09. The van der Waals surface area contributed by atoms with Crippen LogP contribution in [0.4, 0.5) is 0 Å². The van der Waals surface area contributed by atoms with Gasteiger partial charge >= 0.3 is 0 Å². The molecular formula is C11H16N6O2S. The van der Waals surface area contributed by atoms with E-state index < -0.39 is 9.84 Å². The summed E-state index contributed by atoms with van der Waals surface area (Å²) in [7, 11) is -1.51. The first-order chi connectivity index (χ1) is 9.40. The molecule has 1 aromatic carbocycles. The van der Waals surface area contributed by atoms with Crippen LogP contribution < -0.4 is 11.3 Å². The highest BCUT2D eigenvalue weighted by Crippen LogP contribution is 2.18. The van der Waals surface area contributed by atoms with Gasteiger partial charge in [0, 0.05) is 12.7 Å². The van der Waals surface area contributed by atoms with Crippen LogP contribution in [0.3, 0.4) is 0 Å². The molecule has 0 saturated heterocycles. The van der Waals surface area contributed by atoms with E-state index >= 15 is 0 Å². The summed E-state index contributed by atoms with van der Waals surface area (Å²) in [5.41, 5.74) is 3.52. The van der Waals surface area contributed by atoms with Gasteiger partial charge in [0.25, 0.3) is 0 Å². The van der Waals surface area contributed by atoms with Crippen molar-refractivity contribution in [3.05, 3.63) is 35.7 Å². The number of nitrogens with two attached hydrogens (primary N) is 1. The number of rotatable bonds is 5. The smallest absolute Gasteiger partial charge is 0.176 e. The van der Waals surface area contributed by atoms with Crippen LogP contribution in [0.15, 0.2) is 29.2 Å². The molecular weight excluding hydrogens is 280 g/mol. The summed E-state index contributed by atoms with van der Waals surface area (Å²) >= 11 is 0. The first-order valence-electron chi connectivity index (χ1n) is 5.89. The zero-order valence-corrected chi connectivity index (χ0v) is 12.0. The first kappa shape index (κ1) is 14.6. The molecule has 2 aromatic rings. The van der Waals surface area contributed by atoms with Gasteiger partial charge in [-0.05, 0) is 22.9 Å². The van der Waals surface area contributed by atoms with Crippen molar-refractivity contribution in [2.24, 2.45) is 12.9 Å². The molecule has 0 radical (unpaired) electrons. The molecule has 0 fully saturated rings. The van der Waals surface area contributed by atoms with Crippen LogP contribution in [0.25, 0.3) is 0 Å². The fourth-order valence-electron chi connectivity index (χ4n) is 1.81. The Morgan fingerprint density at radius 2 is 2.00 bits per heavy atom. The molecule has 2 rings (SSSR count). The Kier molecular flexibility index (Phi) is 4.12. The van der Waals surface area contributed by atoms with E-state index in [0.29, 0.717) is 12.2 Å². The quantitative estimate of drug-likeness (QED) is 0.557. The molecule has 1 aromatic heterocycles. The molecule has 1 unspecified atom stereocenters. The Bertz CT molecular complexity index is 679. The Hall–Kier alpha value is -1.84. The second kappa shape index (κ2) is 5.65. The number of aromatic nitrogens is 4. The maximum atomic E-state index is 11.4. The fraction of sp³-hybridized carbons (Fsp3) is 0.364. The molecule has 0 aliphatic carbocycles. The molecule has 20 heavy (non-hydrogen) atoms. The van der Waals surface area contributed by atoms with Gasteiger partial charge in [-0.3, -0.25) is 11.3 Å². The standard InChI is InChI=1S/C11H16N6O2S/c1-17-15-11(14-16-17)7-10(13-12)8-3-5-9(6-4-8)20(2,18)19/h3-6,10,13H,7,12H2,1-2H3. The van der Waals surface area contributed by atoms with Crippen LogP contribution >= 0.6 is 0 Å². The van der Waals surface area contributed by atoms with E-state index in [9.17, 15) is 8.42 Å². The minimum atomic E-state index is -3.20. The van der Waals surface area contributed by atoms with Crippen molar-refractivity contribution in [1.29, 1.82) is 0 Å². The van der Waals surface area contributed by atoms with Crippen LogP contribution in [0, 0.1) is 0 Å². The Morgan fingerprint density at radius 3 is 2.45 bits per heavy atom. The third kappa shape index (κ3) is 3.38. The number of hydrazine groups is 1.